The van der Waals surface area contributed by atoms with Crippen molar-refractivity contribution in [3.05, 3.63) is 192 Å². The zero-order valence-corrected chi connectivity index (χ0v) is 35.9. The Morgan fingerprint density at radius 2 is 0.679 bits per heavy atom. The van der Waals surface area contributed by atoms with E-state index in [1.54, 1.807) is 0 Å². The van der Waals surface area contributed by atoms with E-state index in [2.05, 4.69) is 117 Å². The summed E-state index contributed by atoms with van der Waals surface area (Å²) in [5.41, 5.74) is 11.0. The van der Waals surface area contributed by atoms with Gasteiger partial charge in [0.25, 0.3) is 0 Å². The molecule has 0 amide bonds. The van der Waals surface area contributed by atoms with Crippen LogP contribution >= 0.6 is 23.5 Å². The minimum absolute atomic E-state index is 0. The van der Waals surface area contributed by atoms with Crippen molar-refractivity contribution in [1.29, 1.82) is 0 Å². The minimum Gasteiger partial charge on any atom is -0.752 e. The first-order valence-corrected chi connectivity index (χ1v) is 19.5. The van der Waals surface area contributed by atoms with Crippen LogP contribution in [0, 0.1) is 0 Å². The van der Waals surface area contributed by atoms with Gasteiger partial charge in [0.05, 0.1) is 11.4 Å². The number of hydrogen-bond donors (Lipinski definition) is 0. The largest absolute Gasteiger partial charge is 2.00 e. The van der Waals surface area contributed by atoms with Gasteiger partial charge in [-0.25, -0.2) is 0 Å². The van der Waals surface area contributed by atoms with Crippen LogP contribution in [0.4, 0.5) is 0 Å². The summed E-state index contributed by atoms with van der Waals surface area (Å²) >= 11 is 13.6. The molecule has 6 rings (SSSR count). The normalized spacial score (nSPS) is 12.0. The van der Waals surface area contributed by atoms with Gasteiger partial charge < -0.3 is 25.3 Å². The van der Waals surface area contributed by atoms with E-state index in [1.165, 1.54) is 56.9 Å². The first-order chi connectivity index (χ1) is 25.4. The first-order valence-electron chi connectivity index (χ1n) is 16.7. The average Bonchev–Trinajstić information content (AvgIpc) is 3.22. The van der Waals surface area contributed by atoms with Crippen molar-refractivity contribution in [3.8, 4) is 22.3 Å². The molecule has 0 aromatic heterocycles. The van der Waals surface area contributed by atoms with Crippen molar-refractivity contribution in [2.45, 2.75) is 25.4 Å². The summed E-state index contributed by atoms with van der Waals surface area (Å²) in [5, 5.41) is 16.9. The van der Waals surface area contributed by atoms with Crippen molar-refractivity contribution >= 4 is 69.0 Å². The van der Waals surface area contributed by atoms with Crippen LogP contribution in [-0.2, 0) is 56.2 Å². The van der Waals surface area contributed by atoms with Gasteiger partial charge in [-0.3, -0.25) is 0 Å². The van der Waals surface area contributed by atoms with E-state index >= 15 is 0 Å². The molecule has 0 N–H and O–H groups in total. The van der Waals surface area contributed by atoms with Crippen molar-refractivity contribution < 1.29 is 19.5 Å². The van der Waals surface area contributed by atoms with Gasteiger partial charge in [0, 0.05) is 11.5 Å². The average molecular weight is 816 g/mol. The summed E-state index contributed by atoms with van der Waals surface area (Å²) in [6.45, 7) is 3.90. The third-order valence-electron chi connectivity index (χ3n) is 7.79. The van der Waals surface area contributed by atoms with Crippen molar-refractivity contribution in [1.82, 2.24) is 0 Å². The van der Waals surface area contributed by atoms with Crippen LogP contribution in [0.25, 0.3) is 22.3 Å². The Kier molecular flexibility index (Phi) is 17.8. The molecule has 0 radical (unpaired) electrons. The molecule has 9 heteroatoms. The molecule has 6 aromatic rings. The second-order valence-electron chi connectivity index (χ2n) is 11.5. The molecular formula is C44H38N4S4Zn. The van der Waals surface area contributed by atoms with E-state index in [-0.39, 0.29) is 19.5 Å². The molecule has 0 aliphatic rings. The molecule has 0 bridgehead atoms. The smallest absolute Gasteiger partial charge is 0.752 e. The maximum atomic E-state index is 5.30. The van der Waals surface area contributed by atoms with E-state index < -0.39 is 0 Å². The Hall–Kier alpha value is -4.24. The number of thioether (sulfide) groups is 2. The SMILES string of the molecule is C/C(=N\N=C(/[S-])SCc1ccccc1)c1ccc(-c2ccccc2)cc1.C/C(=N\N=C(/[S-])SCc1ccccc1)c1ccc(-c2ccccc2)cc1.[Zn+2]. The molecule has 0 aliphatic carbocycles. The summed E-state index contributed by atoms with van der Waals surface area (Å²) in [5.74, 6) is 1.62. The summed E-state index contributed by atoms with van der Waals surface area (Å²) in [7, 11) is 0. The molecule has 0 fully saturated rings. The van der Waals surface area contributed by atoms with E-state index in [0.717, 1.165) is 34.1 Å². The Bertz CT molecular complexity index is 1930. The molecule has 0 unspecified atom stereocenters. The fraction of sp³-hybridized carbons (Fsp3) is 0.0909. The molecule has 6 aromatic carbocycles. The van der Waals surface area contributed by atoms with E-state index in [1.807, 2.05) is 86.6 Å². The summed E-state index contributed by atoms with van der Waals surface area (Å²) in [6.07, 6.45) is 0. The maximum absolute atomic E-state index is 5.30. The maximum Gasteiger partial charge on any atom is 2.00 e. The third kappa shape index (κ3) is 14.3. The van der Waals surface area contributed by atoms with E-state index in [4.69, 9.17) is 25.3 Å². The Balaban J connectivity index is 0.000000232. The summed E-state index contributed by atoms with van der Waals surface area (Å²) in [4.78, 5) is 0. The molecule has 0 saturated carbocycles. The molecular weight excluding hydrogens is 778 g/mol. The third-order valence-corrected chi connectivity index (χ3v) is 10.3. The van der Waals surface area contributed by atoms with E-state index in [0.29, 0.717) is 8.75 Å². The van der Waals surface area contributed by atoms with Crippen molar-refractivity contribution in [3.63, 3.8) is 0 Å². The summed E-state index contributed by atoms with van der Waals surface area (Å²) in [6, 6.07) is 57.8. The molecule has 0 saturated heterocycles. The van der Waals surface area contributed by atoms with Gasteiger partial charge in [-0.05, 0) is 67.1 Å². The zero-order chi connectivity index (χ0) is 36.4. The van der Waals surface area contributed by atoms with Crippen molar-refractivity contribution in [2.75, 3.05) is 0 Å². The Labute approximate surface area is 346 Å². The predicted molar refractivity (Wildman–Crippen MR) is 233 cm³/mol. The minimum atomic E-state index is 0. The molecule has 0 spiro atoms. The first kappa shape index (κ1) is 41.5. The second-order valence-corrected chi connectivity index (χ2v) is 14.8. The Morgan fingerprint density at radius 3 is 1.00 bits per heavy atom. The fourth-order valence-electron chi connectivity index (χ4n) is 4.91. The molecule has 0 heterocycles. The topological polar surface area (TPSA) is 49.4 Å². The molecule has 0 atom stereocenters. The number of benzene rings is 6. The molecule has 4 nitrogen and oxygen atoms in total. The molecule has 53 heavy (non-hydrogen) atoms. The Morgan fingerprint density at radius 1 is 0.396 bits per heavy atom. The standard InChI is InChI=1S/2C22H20N2S2.Zn/c2*1-17(23-24-22(25)26-16-18-8-4-2-5-9-18)19-12-14-21(15-13-19)20-10-6-3-7-11-20;/h2*2-15H,16H2,1H3,(H,24,25);/q;;+2/p-2/b2*23-17+;. The van der Waals surface area contributed by atoms with Gasteiger partial charge in [-0.15, -0.1) is 23.5 Å². The second kappa shape index (κ2) is 22.7. The quantitative estimate of drug-likeness (QED) is 0.0454. The van der Waals surface area contributed by atoms with E-state index in [9.17, 15) is 0 Å². The monoisotopic (exact) mass is 814 g/mol. The van der Waals surface area contributed by atoms with Crippen molar-refractivity contribution in [2.24, 2.45) is 20.4 Å². The van der Waals surface area contributed by atoms with Gasteiger partial charge in [-0.1, -0.05) is 170 Å². The number of rotatable bonds is 10. The molecule has 0 aliphatic heterocycles. The van der Waals surface area contributed by atoms with Crippen LogP contribution in [0.1, 0.15) is 36.1 Å². The van der Waals surface area contributed by atoms with Crippen LogP contribution < -0.4 is 0 Å². The number of nitrogens with zero attached hydrogens (tertiary/aromatic N) is 4. The fourth-order valence-corrected chi connectivity index (χ4v) is 6.51. The van der Waals surface area contributed by atoms with Gasteiger partial charge in [0.15, 0.2) is 0 Å². The molecule has 260 valence electrons. The van der Waals surface area contributed by atoms with Gasteiger partial charge in [0.2, 0.25) is 0 Å². The van der Waals surface area contributed by atoms with Crippen LogP contribution in [0.15, 0.2) is 190 Å². The van der Waals surface area contributed by atoms with Crippen LogP contribution in [-0.4, -0.2) is 20.2 Å². The van der Waals surface area contributed by atoms with Gasteiger partial charge in [0.1, 0.15) is 0 Å². The van der Waals surface area contributed by atoms with Crippen LogP contribution in [0.5, 0.6) is 0 Å². The summed E-state index contributed by atoms with van der Waals surface area (Å²) < 4.78 is 1.10. The predicted octanol–water partition coefficient (Wildman–Crippen LogP) is 11.8. The van der Waals surface area contributed by atoms with Gasteiger partial charge >= 0.3 is 19.5 Å². The zero-order valence-electron chi connectivity index (χ0n) is 29.7. The van der Waals surface area contributed by atoms with Crippen LogP contribution in [0.2, 0.25) is 0 Å². The van der Waals surface area contributed by atoms with Gasteiger partial charge in [-0.2, -0.15) is 20.4 Å². The van der Waals surface area contributed by atoms with Crippen LogP contribution in [0.3, 0.4) is 0 Å². The number of hydrogen-bond acceptors (Lipinski definition) is 8.